The Morgan fingerprint density at radius 3 is 2.45 bits per heavy atom. The van der Waals surface area contributed by atoms with Crippen LogP contribution in [0.5, 0.6) is 0 Å². The molecule has 1 aromatic heterocycles. The maximum atomic E-state index is 13.0. The molecular weight excluding hydrogens is 364 g/mol. The van der Waals surface area contributed by atoms with Crippen molar-refractivity contribution in [2.45, 2.75) is 58.4 Å². The van der Waals surface area contributed by atoms with Crippen molar-refractivity contribution in [1.29, 1.82) is 0 Å². The van der Waals surface area contributed by atoms with Gasteiger partial charge in [-0.3, -0.25) is 14.6 Å². The van der Waals surface area contributed by atoms with E-state index in [1.807, 2.05) is 17.0 Å². The molecular formula is C23H34N4O2. The van der Waals surface area contributed by atoms with Crippen LogP contribution >= 0.6 is 0 Å². The third kappa shape index (κ3) is 4.73. The van der Waals surface area contributed by atoms with Gasteiger partial charge in [-0.1, -0.05) is 13.8 Å². The van der Waals surface area contributed by atoms with E-state index in [0.717, 1.165) is 63.8 Å². The number of carbonyl (C=O) groups excluding carboxylic acids is 2. The van der Waals surface area contributed by atoms with Crippen LogP contribution in [0, 0.1) is 17.3 Å². The number of hydrogen-bond donors (Lipinski definition) is 1. The predicted octanol–water partition coefficient (Wildman–Crippen LogP) is 2.84. The van der Waals surface area contributed by atoms with E-state index in [2.05, 4.69) is 29.0 Å². The molecule has 0 bridgehead atoms. The summed E-state index contributed by atoms with van der Waals surface area (Å²) in [6, 6.07) is 4.11. The lowest BCUT2D eigenvalue weighted by Crippen LogP contribution is -2.43. The second-order valence-electron chi connectivity index (χ2n) is 9.85. The fourth-order valence-corrected chi connectivity index (χ4v) is 5.07. The zero-order valence-electron chi connectivity index (χ0n) is 17.8. The van der Waals surface area contributed by atoms with E-state index in [4.69, 9.17) is 0 Å². The van der Waals surface area contributed by atoms with Gasteiger partial charge in [0.1, 0.15) is 0 Å². The van der Waals surface area contributed by atoms with Crippen molar-refractivity contribution in [3.8, 4) is 0 Å². The lowest BCUT2D eigenvalue weighted by atomic mass is 9.73. The van der Waals surface area contributed by atoms with Gasteiger partial charge in [0.2, 0.25) is 11.8 Å². The van der Waals surface area contributed by atoms with Crippen molar-refractivity contribution in [3.63, 3.8) is 0 Å². The number of rotatable bonds is 4. The van der Waals surface area contributed by atoms with Crippen molar-refractivity contribution < 1.29 is 9.59 Å². The highest BCUT2D eigenvalue weighted by Crippen LogP contribution is 2.38. The Morgan fingerprint density at radius 1 is 1.00 bits per heavy atom. The smallest absolute Gasteiger partial charge is 0.227 e. The lowest BCUT2D eigenvalue weighted by molar-refractivity contribution is -0.134. The quantitative estimate of drug-likeness (QED) is 0.847. The summed E-state index contributed by atoms with van der Waals surface area (Å²) in [5.74, 6) is 0.650. The molecule has 1 N–H and O–H groups in total. The molecule has 2 unspecified atom stereocenters. The largest absolute Gasteiger partial charge is 0.371 e. The Kier molecular flexibility index (Phi) is 5.79. The SMILES string of the molecule is CC1(C)CCC(C(=O)NC2CCN(C(=O)C3CCN(c4ccncc4)C3)C2)CC1. The second-order valence-corrected chi connectivity index (χ2v) is 9.85. The Labute approximate surface area is 174 Å². The molecule has 2 amide bonds. The summed E-state index contributed by atoms with van der Waals surface area (Å²) in [6.45, 7) is 7.68. The van der Waals surface area contributed by atoms with Gasteiger partial charge in [0.25, 0.3) is 0 Å². The molecule has 1 aliphatic carbocycles. The third-order valence-corrected chi connectivity index (χ3v) is 7.12. The summed E-state index contributed by atoms with van der Waals surface area (Å²) in [5, 5.41) is 3.24. The fourth-order valence-electron chi connectivity index (χ4n) is 5.07. The van der Waals surface area contributed by atoms with Gasteiger partial charge in [0, 0.05) is 56.2 Å². The van der Waals surface area contributed by atoms with E-state index in [1.165, 1.54) is 0 Å². The molecule has 1 aromatic rings. The number of aromatic nitrogens is 1. The van der Waals surface area contributed by atoms with E-state index < -0.39 is 0 Å². The number of nitrogens with zero attached hydrogens (tertiary/aromatic N) is 3. The van der Waals surface area contributed by atoms with Crippen molar-refractivity contribution in [3.05, 3.63) is 24.5 Å². The van der Waals surface area contributed by atoms with Crippen LogP contribution in [0.1, 0.15) is 52.4 Å². The fraction of sp³-hybridized carbons (Fsp3) is 0.696. The third-order valence-electron chi connectivity index (χ3n) is 7.12. The Morgan fingerprint density at radius 2 is 1.72 bits per heavy atom. The number of anilines is 1. The van der Waals surface area contributed by atoms with E-state index >= 15 is 0 Å². The summed E-state index contributed by atoms with van der Waals surface area (Å²) in [6.07, 6.45) is 9.58. The molecule has 0 radical (unpaired) electrons. The van der Waals surface area contributed by atoms with Gasteiger partial charge in [-0.2, -0.15) is 0 Å². The standard InChI is InChI=1S/C23H34N4O2/c1-23(2)9-3-17(4-10-23)21(28)25-19-8-14-27(16-19)22(29)18-7-13-26(15-18)20-5-11-24-12-6-20/h5-6,11-12,17-19H,3-4,7-10,13-16H2,1-2H3,(H,25,28). The molecule has 29 heavy (non-hydrogen) atoms. The number of pyridine rings is 1. The maximum absolute atomic E-state index is 13.0. The van der Waals surface area contributed by atoms with Gasteiger partial charge in [-0.15, -0.1) is 0 Å². The Balaban J connectivity index is 1.24. The first-order valence-electron chi connectivity index (χ1n) is 11.2. The van der Waals surface area contributed by atoms with E-state index in [9.17, 15) is 9.59 Å². The van der Waals surface area contributed by atoms with Crippen molar-refractivity contribution in [2.24, 2.45) is 17.3 Å². The molecule has 3 heterocycles. The van der Waals surface area contributed by atoms with E-state index in [0.29, 0.717) is 12.0 Å². The van der Waals surface area contributed by atoms with Gasteiger partial charge >= 0.3 is 0 Å². The van der Waals surface area contributed by atoms with Gasteiger partial charge in [0.05, 0.1) is 5.92 Å². The zero-order valence-corrected chi connectivity index (χ0v) is 17.8. The van der Waals surface area contributed by atoms with Crippen molar-refractivity contribution in [1.82, 2.24) is 15.2 Å². The highest BCUT2D eigenvalue weighted by atomic mass is 16.2. The summed E-state index contributed by atoms with van der Waals surface area (Å²) < 4.78 is 0. The monoisotopic (exact) mass is 398 g/mol. The molecule has 2 saturated heterocycles. The number of nitrogens with one attached hydrogen (secondary N) is 1. The molecule has 3 aliphatic rings. The minimum absolute atomic E-state index is 0.0539. The van der Waals surface area contributed by atoms with E-state index in [-0.39, 0.29) is 29.7 Å². The molecule has 2 aliphatic heterocycles. The lowest BCUT2D eigenvalue weighted by Gasteiger charge is -2.34. The summed E-state index contributed by atoms with van der Waals surface area (Å²) in [4.78, 5) is 34.0. The zero-order chi connectivity index (χ0) is 20.4. The molecule has 2 atom stereocenters. The van der Waals surface area contributed by atoms with Crippen molar-refractivity contribution >= 4 is 17.5 Å². The molecule has 0 spiro atoms. The molecule has 4 rings (SSSR count). The van der Waals surface area contributed by atoms with Crippen LogP contribution in [-0.2, 0) is 9.59 Å². The van der Waals surface area contributed by atoms with Gasteiger partial charge < -0.3 is 15.1 Å². The topological polar surface area (TPSA) is 65.5 Å². The first-order valence-corrected chi connectivity index (χ1v) is 11.2. The van der Waals surface area contributed by atoms with Gasteiger partial charge in [-0.25, -0.2) is 0 Å². The molecule has 6 nitrogen and oxygen atoms in total. The minimum Gasteiger partial charge on any atom is -0.371 e. The Hall–Kier alpha value is -2.11. The normalized spacial score (nSPS) is 27.2. The average molecular weight is 399 g/mol. The van der Waals surface area contributed by atoms with Crippen LogP contribution in [0.25, 0.3) is 0 Å². The summed E-state index contributed by atoms with van der Waals surface area (Å²) in [5.41, 5.74) is 1.51. The highest BCUT2D eigenvalue weighted by molar-refractivity contribution is 5.81. The number of likely N-dealkylation sites (tertiary alicyclic amines) is 1. The highest BCUT2D eigenvalue weighted by Gasteiger charge is 2.36. The minimum atomic E-state index is 0.0539. The molecule has 6 heteroatoms. The average Bonchev–Trinajstić information content (AvgIpc) is 3.38. The molecule has 0 aromatic carbocycles. The van der Waals surface area contributed by atoms with Crippen LogP contribution in [0.3, 0.4) is 0 Å². The van der Waals surface area contributed by atoms with Crippen LogP contribution in [0.4, 0.5) is 5.69 Å². The van der Waals surface area contributed by atoms with Crippen molar-refractivity contribution in [2.75, 3.05) is 31.1 Å². The summed E-state index contributed by atoms with van der Waals surface area (Å²) in [7, 11) is 0. The molecule has 158 valence electrons. The predicted molar refractivity (Wildman–Crippen MR) is 113 cm³/mol. The molecule has 1 saturated carbocycles. The van der Waals surface area contributed by atoms with Crippen LogP contribution in [0.2, 0.25) is 0 Å². The number of amides is 2. The molecule has 3 fully saturated rings. The Bertz CT molecular complexity index is 726. The van der Waals surface area contributed by atoms with Crippen LogP contribution < -0.4 is 10.2 Å². The first kappa shape index (κ1) is 20.2. The van der Waals surface area contributed by atoms with E-state index in [1.54, 1.807) is 12.4 Å². The second kappa shape index (κ2) is 8.33. The van der Waals surface area contributed by atoms with Crippen LogP contribution in [-0.4, -0.2) is 53.9 Å². The first-order chi connectivity index (χ1) is 13.9. The number of carbonyl (C=O) groups is 2. The van der Waals surface area contributed by atoms with Crippen LogP contribution in [0.15, 0.2) is 24.5 Å². The summed E-state index contributed by atoms with van der Waals surface area (Å²) >= 11 is 0. The maximum Gasteiger partial charge on any atom is 0.227 e. The van der Waals surface area contributed by atoms with Gasteiger partial charge in [0.15, 0.2) is 0 Å². The van der Waals surface area contributed by atoms with Gasteiger partial charge in [-0.05, 0) is 56.1 Å². The number of hydrogen-bond acceptors (Lipinski definition) is 4.